The molecule has 1 atom stereocenters. The number of hydrogen-bond donors (Lipinski definition) is 2. The van der Waals surface area contributed by atoms with Gasteiger partial charge in [-0.05, 0) is 33.3 Å². The molecular weight excluding hydrogens is 247 g/mol. The molecule has 0 aliphatic rings. The maximum absolute atomic E-state index is 13.6. The number of rotatable bonds is 4. The molecular formula is C14H21FN2O2. The van der Waals surface area contributed by atoms with E-state index >= 15 is 0 Å². The van der Waals surface area contributed by atoms with Crippen LogP contribution >= 0.6 is 0 Å². The number of ether oxygens (including phenoxy) is 1. The van der Waals surface area contributed by atoms with E-state index in [4.69, 9.17) is 4.74 Å². The second-order valence-corrected chi connectivity index (χ2v) is 5.25. The van der Waals surface area contributed by atoms with Crippen molar-refractivity contribution in [3.63, 3.8) is 0 Å². The highest BCUT2D eigenvalue weighted by Gasteiger charge is 2.18. The predicted octanol–water partition coefficient (Wildman–Crippen LogP) is 3.31. The summed E-state index contributed by atoms with van der Waals surface area (Å²) in [6.45, 7) is 7.24. The molecule has 1 rings (SSSR count). The number of carbonyl (C=O) groups is 1. The molecule has 5 heteroatoms. The number of hydrazine groups is 1. The maximum atomic E-state index is 13.6. The minimum absolute atomic E-state index is 0.297. The highest BCUT2D eigenvalue weighted by atomic mass is 19.1. The molecule has 1 aromatic rings. The smallest absolute Gasteiger partial charge is 0.422 e. The second-order valence-electron chi connectivity index (χ2n) is 5.25. The van der Waals surface area contributed by atoms with Gasteiger partial charge < -0.3 is 4.74 Å². The van der Waals surface area contributed by atoms with Crippen molar-refractivity contribution in [2.45, 2.75) is 45.8 Å². The van der Waals surface area contributed by atoms with E-state index in [1.165, 1.54) is 6.07 Å². The van der Waals surface area contributed by atoms with Gasteiger partial charge in [-0.25, -0.2) is 14.6 Å². The molecule has 19 heavy (non-hydrogen) atoms. The number of carbonyl (C=O) groups excluding carboxylic acids is 1. The van der Waals surface area contributed by atoms with E-state index in [0.29, 0.717) is 12.0 Å². The Hall–Kier alpha value is -1.62. The minimum Gasteiger partial charge on any atom is -0.443 e. The Bertz CT molecular complexity index is 430. The molecule has 0 radical (unpaired) electrons. The average molecular weight is 268 g/mol. The summed E-state index contributed by atoms with van der Waals surface area (Å²) in [5.41, 5.74) is 5.17. The zero-order valence-electron chi connectivity index (χ0n) is 11.8. The third-order valence-electron chi connectivity index (χ3n) is 2.44. The van der Waals surface area contributed by atoms with Crippen LogP contribution < -0.4 is 10.9 Å². The highest BCUT2D eigenvalue weighted by Crippen LogP contribution is 2.18. The third kappa shape index (κ3) is 5.26. The first-order valence-corrected chi connectivity index (χ1v) is 6.32. The molecule has 0 aliphatic heterocycles. The molecule has 0 saturated carbocycles. The predicted molar refractivity (Wildman–Crippen MR) is 71.9 cm³/mol. The van der Waals surface area contributed by atoms with Crippen LogP contribution in [0.5, 0.6) is 0 Å². The molecule has 2 N–H and O–H groups in total. The molecule has 0 aliphatic carbocycles. The Kier molecular flexibility index (Phi) is 5.30. The molecule has 0 saturated heterocycles. The van der Waals surface area contributed by atoms with Crippen LogP contribution in [0.4, 0.5) is 9.18 Å². The van der Waals surface area contributed by atoms with E-state index < -0.39 is 11.7 Å². The van der Waals surface area contributed by atoms with E-state index in [0.717, 1.165) is 0 Å². The van der Waals surface area contributed by atoms with Crippen molar-refractivity contribution >= 4 is 6.09 Å². The SMILES string of the molecule is CCC(NNC(=O)OC(C)(C)C)c1ccccc1F. The summed E-state index contributed by atoms with van der Waals surface area (Å²) in [6, 6.07) is 6.18. The van der Waals surface area contributed by atoms with Crippen molar-refractivity contribution in [3.8, 4) is 0 Å². The van der Waals surface area contributed by atoms with Gasteiger partial charge in [-0.3, -0.25) is 5.43 Å². The van der Waals surface area contributed by atoms with Crippen LogP contribution in [0.15, 0.2) is 24.3 Å². The Morgan fingerprint density at radius 1 is 1.37 bits per heavy atom. The van der Waals surface area contributed by atoms with E-state index in [9.17, 15) is 9.18 Å². The van der Waals surface area contributed by atoms with Gasteiger partial charge in [0, 0.05) is 5.56 Å². The van der Waals surface area contributed by atoms with E-state index in [1.807, 2.05) is 6.92 Å². The van der Waals surface area contributed by atoms with Gasteiger partial charge in [0.15, 0.2) is 0 Å². The summed E-state index contributed by atoms with van der Waals surface area (Å²) in [7, 11) is 0. The van der Waals surface area contributed by atoms with Crippen LogP contribution in [-0.4, -0.2) is 11.7 Å². The van der Waals surface area contributed by atoms with E-state index in [1.54, 1.807) is 39.0 Å². The lowest BCUT2D eigenvalue weighted by molar-refractivity contribution is 0.0486. The minimum atomic E-state index is -0.581. The van der Waals surface area contributed by atoms with Gasteiger partial charge in [-0.1, -0.05) is 25.1 Å². The van der Waals surface area contributed by atoms with E-state index in [-0.39, 0.29) is 11.9 Å². The van der Waals surface area contributed by atoms with Gasteiger partial charge in [0.2, 0.25) is 0 Å². The van der Waals surface area contributed by atoms with Gasteiger partial charge in [0.25, 0.3) is 0 Å². The Labute approximate surface area is 113 Å². The molecule has 0 fully saturated rings. The van der Waals surface area contributed by atoms with Gasteiger partial charge in [0.05, 0.1) is 6.04 Å². The molecule has 106 valence electrons. The third-order valence-corrected chi connectivity index (χ3v) is 2.44. The molecule has 1 unspecified atom stereocenters. The lowest BCUT2D eigenvalue weighted by Crippen LogP contribution is -2.43. The summed E-state index contributed by atoms with van der Waals surface area (Å²) in [5.74, 6) is -0.298. The summed E-state index contributed by atoms with van der Waals surface area (Å²) >= 11 is 0. The second kappa shape index (κ2) is 6.52. The van der Waals surface area contributed by atoms with Gasteiger partial charge in [-0.2, -0.15) is 0 Å². The largest absolute Gasteiger partial charge is 0.443 e. The first kappa shape index (κ1) is 15.4. The monoisotopic (exact) mass is 268 g/mol. The van der Waals surface area contributed by atoms with Crippen LogP contribution in [-0.2, 0) is 4.74 Å². The number of halogens is 1. The van der Waals surface area contributed by atoms with Crippen molar-refractivity contribution in [1.82, 2.24) is 10.9 Å². The zero-order chi connectivity index (χ0) is 14.5. The van der Waals surface area contributed by atoms with Gasteiger partial charge >= 0.3 is 6.09 Å². The lowest BCUT2D eigenvalue weighted by Gasteiger charge is -2.22. The van der Waals surface area contributed by atoms with E-state index in [2.05, 4.69) is 10.9 Å². The molecule has 0 heterocycles. The quantitative estimate of drug-likeness (QED) is 0.824. The average Bonchev–Trinajstić information content (AvgIpc) is 2.29. The van der Waals surface area contributed by atoms with Crippen molar-refractivity contribution in [3.05, 3.63) is 35.6 Å². The Balaban J connectivity index is 2.59. The van der Waals surface area contributed by atoms with Crippen LogP contribution in [0.2, 0.25) is 0 Å². The first-order valence-electron chi connectivity index (χ1n) is 6.32. The molecule has 0 spiro atoms. The number of nitrogens with one attached hydrogen (secondary N) is 2. The molecule has 4 nitrogen and oxygen atoms in total. The molecule has 0 aromatic heterocycles. The molecule has 1 amide bonds. The van der Waals surface area contributed by atoms with Crippen molar-refractivity contribution < 1.29 is 13.9 Å². The first-order chi connectivity index (χ1) is 8.83. The maximum Gasteiger partial charge on any atom is 0.422 e. The number of hydrogen-bond acceptors (Lipinski definition) is 3. The van der Waals surface area contributed by atoms with Crippen molar-refractivity contribution in [2.24, 2.45) is 0 Å². The van der Waals surface area contributed by atoms with Gasteiger partial charge in [0.1, 0.15) is 11.4 Å². The summed E-state index contributed by atoms with van der Waals surface area (Å²) in [6.07, 6.45) is 0.0544. The summed E-state index contributed by atoms with van der Waals surface area (Å²) < 4.78 is 18.7. The molecule has 1 aromatic carbocycles. The van der Waals surface area contributed by atoms with Crippen molar-refractivity contribution in [1.29, 1.82) is 0 Å². The summed E-state index contributed by atoms with van der Waals surface area (Å²) in [4.78, 5) is 11.5. The Morgan fingerprint density at radius 3 is 2.53 bits per heavy atom. The van der Waals surface area contributed by atoms with Crippen LogP contribution in [0, 0.1) is 5.82 Å². The van der Waals surface area contributed by atoms with Crippen molar-refractivity contribution in [2.75, 3.05) is 0 Å². The fourth-order valence-electron chi connectivity index (χ4n) is 1.61. The fraction of sp³-hybridized carbons (Fsp3) is 0.500. The molecule has 0 bridgehead atoms. The van der Waals surface area contributed by atoms with Crippen LogP contribution in [0.25, 0.3) is 0 Å². The number of benzene rings is 1. The number of amides is 1. The summed E-state index contributed by atoms with van der Waals surface area (Å²) in [5, 5.41) is 0. The normalized spacial score (nSPS) is 12.9. The highest BCUT2D eigenvalue weighted by molar-refractivity contribution is 5.67. The van der Waals surface area contributed by atoms with Crippen LogP contribution in [0.1, 0.15) is 45.7 Å². The van der Waals surface area contributed by atoms with Gasteiger partial charge in [-0.15, -0.1) is 0 Å². The zero-order valence-corrected chi connectivity index (χ0v) is 11.8. The van der Waals surface area contributed by atoms with Crippen LogP contribution in [0.3, 0.4) is 0 Å². The lowest BCUT2D eigenvalue weighted by atomic mass is 10.0. The topological polar surface area (TPSA) is 50.4 Å². The fourth-order valence-corrected chi connectivity index (χ4v) is 1.61. The Morgan fingerprint density at radius 2 is 2.00 bits per heavy atom. The standard InChI is InChI=1S/C14H21FN2O2/c1-5-12(10-8-6-7-9-11(10)15)16-17-13(18)19-14(2,3)4/h6-9,12,16H,5H2,1-4H3,(H,17,18).